The second-order valence-corrected chi connectivity index (χ2v) is 5.45. The topological polar surface area (TPSA) is 53.1 Å². The number of hydrogen-bond acceptors (Lipinski definition) is 3. The Morgan fingerprint density at radius 1 is 1.48 bits per heavy atom. The Kier molecular flexibility index (Phi) is 4.85. The van der Waals surface area contributed by atoms with Crippen molar-refractivity contribution in [3.05, 3.63) is 40.3 Å². The van der Waals surface area contributed by atoms with Crippen LogP contribution in [-0.4, -0.2) is 15.8 Å². The number of aromatic nitrogens is 2. The van der Waals surface area contributed by atoms with Crippen molar-refractivity contribution >= 4 is 11.6 Å². The largest absolute Gasteiger partial charge is 0.437 e. The Bertz CT molecular complexity index is 642. The van der Waals surface area contributed by atoms with E-state index in [-0.39, 0.29) is 11.1 Å². The summed E-state index contributed by atoms with van der Waals surface area (Å²) in [6, 6.07) is 4.07. The lowest BCUT2D eigenvalue weighted by Gasteiger charge is -2.12. The predicted octanol–water partition coefficient (Wildman–Crippen LogP) is 3.59. The zero-order valence-corrected chi connectivity index (χ0v) is 13.1. The summed E-state index contributed by atoms with van der Waals surface area (Å²) in [5.74, 6) is 0.582. The minimum atomic E-state index is -0.401. The van der Waals surface area contributed by atoms with Crippen molar-refractivity contribution in [3.8, 4) is 11.6 Å². The lowest BCUT2D eigenvalue weighted by Crippen LogP contribution is -2.21. The second kappa shape index (κ2) is 6.45. The first kappa shape index (κ1) is 15.8. The van der Waals surface area contributed by atoms with Gasteiger partial charge in [-0.2, -0.15) is 5.10 Å². The molecule has 1 atom stereocenters. The van der Waals surface area contributed by atoms with E-state index in [2.05, 4.69) is 5.10 Å². The number of aryl methyl sites for hydroxylation is 2. The number of rotatable bonds is 5. The van der Waals surface area contributed by atoms with Crippen LogP contribution in [0.25, 0.3) is 0 Å². The molecule has 4 nitrogen and oxygen atoms in total. The molecule has 1 aromatic carbocycles. The van der Waals surface area contributed by atoms with Crippen LogP contribution in [0.1, 0.15) is 24.6 Å². The van der Waals surface area contributed by atoms with Gasteiger partial charge in [-0.25, -0.2) is 9.07 Å². The lowest BCUT2D eigenvalue weighted by molar-refractivity contribution is 0.423. The summed E-state index contributed by atoms with van der Waals surface area (Å²) < 4.78 is 20.6. The van der Waals surface area contributed by atoms with Gasteiger partial charge in [0.1, 0.15) is 11.6 Å². The Balaban J connectivity index is 2.34. The van der Waals surface area contributed by atoms with Crippen LogP contribution in [0.5, 0.6) is 11.6 Å². The third-order valence-electron chi connectivity index (χ3n) is 3.38. The first-order valence-electron chi connectivity index (χ1n) is 6.83. The zero-order chi connectivity index (χ0) is 15.6. The summed E-state index contributed by atoms with van der Waals surface area (Å²) in [4.78, 5) is 0. The van der Waals surface area contributed by atoms with E-state index in [9.17, 15) is 4.39 Å². The highest BCUT2D eigenvalue weighted by Gasteiger charge is 2.18. The fourth-order valence-electron chi connectivity index (χ4n) is 2.11. The Morgan fingerprint density at radius 3 is 2.81 bits per heavy atom. The highest BCUT2D eigenvalue weighted by Crippen LogP contribution is 2.33. The predicted molar refractivity (Wildman–Crippen MR) is 81.4 cm³/mol. The summed E-state index contributed by atoms with van der Waals surface area (Å²) in [5.41, 5.74) is 7.85. The molecule has 0 spiro atoms. The third-order valence-corrected chi connectivity index (χ3v) is 3.68. The van der Waals surface area contributed by atoms with Gasteiger partial charge in [-0.05, 0) is 38.0 Å². The molecule has 0 saturated carbocycles. The highest BCUT2D eigenvalue weighted by atomic mass is 35.5. The van der Waals surface area contributed by atoms with Crippen molar-refractivity contribution in [1.29, 1.82) is 0 Å². The van der Waals surface area contributed by atoms with E-state index < -0.39 is 5.82 Å². The van der Waals surface area contributed by atoms with Crippen LogP contribution in [0.3, 0.4) is 0 Å². The van der Waals surface area contributed by atoms with Crippen LogP contribution >= 0.6 is 11.6 Å². The number of nitrogens with two attached hydrogens (primary N) is 1. The van der Waals surface area contributed by atoms with Gasteiger partial charge in [-0.1, -0.05) is 18.5 Å². The molecule has 0 bridgehead atoms. The molecule has 1 heterocycles. The average Bonchev–Trinajstić information content (AvgIpc) is 2.68. The van der Waals surface area contributed by atoms with Crippen LogP contribution < -0.4 is 10.5 Å². The fraction of sp³-hybridized carbons (Fsp3) is 0.400. The molecular formula is C15H19ClFN3O. The van der Waals surface area contributed by atoms with E-state index in [4.69, 9.17) is 22.1 Å². The summed E-state index contributed by atoms with van der Waals surface area (Å²) in [5, 5.41) is 4.58. The quantitative estimate of drug-likeness (QED) is 0.918. The molecule has 1 aromatic heterocycles. The standard InChI is InChI=1S/C15H19ClFN3O/c1-4-11(18)8-12-9(2)19-20(3)15(12)21-14-6-5-10(17)7-13(14)16/h5-7,11H,4,8,18H2,1-3H3. The monoisotopic (exact) mass is 311 g/mol. The summed E-state index contributed by atoms with van der Waals surface area (Å²) >= 11 is 6.00. The molecule has 6 heteroatoms. The molecule has 0 fully saturated rings. The molecule has 0 aliphatic carbocycles. The first-order chi connectivity index (χ1) is 9.92. The molecule has 0 aliphatic heterocycles. The van der Waals surface area contributed by atoms with Gasteiger partial charge >= 0.3 is 0 Å². The van der Waals surface area contributed by atoms with Crippen molar-refractivity contribution in [3.63, 3.8) is 0 Å². The van der Waals surface area contributed by atoms with Crippen LogP contribution in [0.4, 0.5) is 4.39 Å². The normalized spacial score (nSPS) is 12.5. The Labute approximate surface area is 128 Å². The molecule has 0 amide bonds. The van der Waals surface area contributed by atoms with Crippen LogP contribution in [0.2, 0.25) is 5.02 Å². The molecule has 2 rings (SSSR count). The lowest BCUT2D eigenvalue weighted by atomic mass is 10.1. The van der Waals surface area contributed by atoms with Gasteiger partial charge in [0.2, 0.25) is 5.88 Å². The van der Waals surface area contributed by atoms with Gasteiger partial charge in [0.15, 0.2) is 0 Å². The molecule has 0 saturated heterocycles. The maximum Gasteiger partial charge on any atom is 0.221 e. The van der Waals surface area contributed by atoms with Crippen molar-refractivity contribution in [2.45, 2.75) is 32.7 Å². The minimum Gasteiger partial charge on any atom is -0.437 e. The molecule has 2 aromatic rings. The van der Waals surface area contributed by atoms with Gasteiger partial charge in [-0.3, -0.25) is 0 Å². The van der Waals surface area contributed by atoms with E-state index >= 15 is 0 Å². The molecule has 114 valence electrons. The van der Waals surface area contributed by atoms with Gasteiger partial charge in [-0.15, -0.1) is 0 Å². The molecular weight excluding hydrogens is 293 g/mol. The number of hydrogen-bond donors (Lipinski definition) is 1. The number of ether oxygens (including phenoxy) is 1. The summed E-state index contributed by atoms with van der Waals surface area (Å²) in [6.07, 6.45) is 1.54. The Morgan fingerprint density at radius 2 is 2.19 bits per heavy atom. The minimum absolute atomic E-state index is 0.0407. The van der Waals surface area contributed by atoms with E-state index in [1.54, 1.807) is 11.7 Å². The van der Waals surface area contributed by atoms with Crippen LogP contribution in [-0.2, 0) is 13.5 Å². The van der Waals surface area contributed by atoms with E-state index in [1.807, 2.05) is 13.8 Å². The summed E-state index contributed by atoms with van der Waals surface area (Å²) in [7, 11) is 1.79. The second-order valence-electron chi connectivity index (χ2n) is 5.04. The molecule has 21 heavy (non-hydrogen) atoms. The van der Waals surface area contributed by atoms with E-state index in [1.165, 1.54) is 18.2 Å². The third kappa shape index (κ3) is 3.54. The molecule has 0 radical (unpaired) electrons. The van der Waals surface area contributed by atoms with Crippen LogP contribution in [0.15, 0.2) is 18.2 Å². The maximum atomic E-state index is 13.1. The van der Waals surface area contributed by atoms with Crippen molar-refractivity contribution < 1.29 is 9.13 Å². The van der Waals surface area contributed by atoms with E-state index in [0.29, 0.717) is 18.1 Å². The SMILES string of the molecule is CCC(N)Cc1c(C)nn(C)c1Oc1ccc(F)cc1Cl. The zero-order valence-electron chi connectivity index (χ0n) is 12.4. The smallest absolute Gasteiger partial charge is 0.221 e. The first-order valence-corrected chi connectivity index (χ1v) is 7.21. The van der Waals surface area contributed by atoms with E-state index in [0.717, 1.165) is 17.7 Å². The number of nitrogens with zero attached hydrogens (tertiary/aromatic N) is 2. The molecule has 0 aliphatic rings. The van der Waals surface area contributed by atoms with Crippen molar-refractivity contribution in [2.75, 3.05) is 0 Å². The van der Waals surface area contributed by atoms with Gasteiger partial charge in [0, 0.05) is 18.7 Å². The maximum absolute atomic E-state index is 13.1. The van der Waals surface area contributed by atoms with Gasteiger partial charge in [0.05, 0.1) is 10.7 Å². The van der Waals surface area contributed by atoms with Crippen molar-refractivity contribution in [1.82, 2.24) is 9.78 Å². The average molecular weight is 312 g/mol. The summed E-state index contributed by atoms with van der Waals surface area (Å²) in [6.45, 7) is 3.95. The van der Waals surface area contributed by atoms with Gasteiger partial charge < -0.3 is 10.5 Å². The number of benzene rings is 1. The van der Waals surface area contributed by atoms with Crippen molar-refractivity contribution in [2.24, 2.45) is 12.8 Å². The van der Waals surface area contributed by atoms with Gasteiger partial charge in [0.25, 0.3) is 0 Å². The molecule has 1 unspecified atom stereocenters. The molecule has 2 N–H and O–H groups in total. The fourth-order valence-corrected chi connectivity index (χ4v) is 2.32. The van der Waals surface area contributed by atoms with Crippen LogP contribution in [0, 0.1) is 12.7 Å². The highest BCUT2D eigenvalue weighted by molar-refractivity contribution is 6.32. The number of halogens is 2. The Hall–Kier alpha value is -1.59.